The van der Waals surface area contributed by atoms with E-state index in [1.165, 1.54) is 18.5 Å². The number of benzene rings is 1. The lowest BCUT2D eigenvalue weighted by Crippen LogP contribution is -2.35. The Balaban J connectivity index is 1.63. The predicted molar refractivity (Wildman–Crippen MR) is 81.9 cm³/mol. The molecule has 2 unspecified atom stereocenters. The number of rotatable bonds is 7. The van der Waals surface area contributed by atoms with E-state index in [1.54, 1.807) is 6.26 Å². The van der Waals surface area contributed by atoms with E-state index in [-0.39, 0.29) is 0 Å². The molecule has 1 aliphatic heterocycles. The Morgan fingerprint density at radius 3 is 2.89 bits per heavy atom. The van der Waals surface area contributed by atoms with Gasteiger partial charge in [0.25, 0.3) is 0 Å². The van der Waals surface area contributed by atoms with Crippen molar-refractivity contribution in [2.75, 3.05) is 38.2 Å². The van der Waals surface area contributed by atoms with Crippen molar-refractivity contribution in [3.63, 3.8) is 0 Å². The maximum atomic E-state index is 11.0. The molecule has 106 valence electrons. The summed E-state index contributed by atoms with van der Waals surface area (Å²) in [4.78, 5) is 2.52. The first-order chi connectivity index (χ1) is 9.24. The van der Waals surface area contributed by atoms with E-state index in [2.05, 4.69) is 40.5 Å². The summed E-state index contributed by atoms with van der Waals surface area (Å²) in [6, 6.07) is 11.3. The molecule has 0 saturated carbocycles. The van der Waals surface area contributed by atoms with E-state index < -0.39 is 10.8 Å². The first kappa shape index (κ1) is 14.7. The van der Waals surface area contributed by atoms with Crippen LogP contribution in [0.25, 0.3) is 0 Å². The SMILES string of the molecule is CS(=O)CCNC1CCN(CCc2ccccc2)C1. The summed E-state index contributed by atoms with van der Waals surface area (Å²) in [6.45, 7) is 4.32. The molecule has 0 amide bonds. The highest BCUT2D eigenvalue weighted by molar-refractivity contribution is 7.84. The Bertz CT molecular complexity index is 396. The summed E-state index contributed by atoms with van der Waals surface area (Å²) in [5.74, 6) is 0.764. The third-order valence-corrected chi connectivity index (χ3v) is 4.43. The van der Waals surface area contributed by atoms with Crippen LogP contribution in [-0.4, -0.2) is 53.3 Å². The topological polar surface area (TPSA) is 32.3 Å². The highest BCUT2D eigenvalue weighted by Crippen LogP contribution is 2.10. The van der Waals surface area contributed by atoms with Crippen LogP contribution in [0.15, 0.2) is 30.3 Å². The van der Waals surface area contributed by atoms with Crippen LogP contribution in [0.2, 0.25) is 0 Å². The smallest absolute Gasteiger partial charge is 0.0357 e. The Hall–Kier alpha value is -0.710. The molecule has 0 spiro atoms. The molecule has 1 saturated heterocycles. The lowest BCUT2D eigenvalue weighted by atomic mass is 10.1. The summed E-state index contributed by atoms with van der Waals surface area (Å²) in [5.41, 5.74) is 1.42. The number of likely N-dealkylation sites (tertiary alicyclic amines) is 1. The molecule has 1 aromatic carbocycles. The van der Waals surface area contributed by atoms with Crippen LogP contribution in [0.5, 0.6) is 0 Å². The number of nitrogens with zero attached hydrogens (tertiary/aromatic N) is 1. The van der Waals surface area contributed by atoms with Gasteiger partial charge >= 0.3 is 0 Å². The maximum absolute atomic E-state index is 11.0. The van der Waals surface area contributed by atoms with Crippen molar-refractivity contribution in [1.29, 1.82) is 0 Å². The molecular weight excluding hydrogens is 256 g/mol. The van der Waals surface area contributed by atoms with Gasteiger partial charge in [-0.1, -0.05) is 30.3 Å². The van der Waals surface area contributed by atoms with E-state index in [4.69, 9.17) is 0 Å². The van der Waals surface area contributed by atoms with Crippen molar-refractivity contribution < 1.29 is 4.21 Å². The van der Waals surface area contributed by atoms with Gasteiger partial charge in [0, 0.05) is 48.5 Å². The number of hydrogen-bond donors (Lipinski definition) is 1. The lowest BCUT2D eigenvalue weighted by molar-refractivity contribution is 0.332. The minimum atomic E-state index is -0.679. The first-order valence-electron chi connectivity index (χ1n) is 7.04. The minimum Gasteiger partial charge on any atom is -0.312 e. The second-order valence-electron chi connectivity index (χ2n) is 5.25. The van der Waals surface area contributed by atoms with Crippen molar-refractivity contribution in [2.24, 2.45) is 0 Å². The largest absolute Gasteiger partial charge is 0.312 e. The predicted octanol–water partition coefficient (Wildman–Crippen LogP) is 1.27. The minimum absolute atomic E-state index is 0.583. The van der Waals surface area contributed by atoms with Crippen molar-refractivity contribution in [1.82, 2.24) is 10.2 Å². The van der Waals surface area contributed by atoms with Gasteiger partial charge in [0.15, 0.2) is 0 Å². The van der Waals surface area contributed by atoms with E-state index in [9.17, 15) is 4.21 Å². The van der Waals surface area contributed by atoms with Gasteiger partial charge in [-0.25, -0.2) is 0 Å². The Morgan fingerprint density at radius 2 is 2.16 bits per heavy atom. The normalized spacial score (nSPS) is 21.6. The van der Waals surface area contributed by atoms with Crippen LogP contribution in [0.3, 0.4) is 0 Å². The Morgan fingerprint density at radius 1 is 1.37 bits per heavy atom. The van der Waals surface area contributed by atoms with E-state index in [0.717, 1.165) is 31.8 Å². The first-order valence-corrected chi connectivity index (χ1v) is 8.76. The van der Waals surface area contributed by atoms with Crippen molar-refractivity contribution >= 4 is 10.8 Å². The van der Waals surface area contributed by atoms with Crippen LogP contribution < -0.4 is 5.32 Å². The third-order valence-electron chi connectivity index (χ3n) is 3.65. The summed E-state index contributed by atoms with van der Waals surface area (Å²) < 4.78 is 11.0. The van der Waals surface area contributed by atoms with Crippen LogP contribution in [0.4, 0.5) is 0 Å². The molecule has 2 rings (SSSR count). The van der Waals surface area contributed by atoms with E-state index in [0.29, 0.717) is 6.04 Å². The zero-order valence-corrected chi connectivity index (χ0v) is 12.5. The molecule has 4 heteroatoms. The molecule has 1 N–H and O–H groups in total. The average Bonchev–Trinajstić information content (AvgIpc) is 2.85. The summed E-state index contributed by atoms with van der Waals surface area (Å²) in [6.07, 6.45) is 4.11. The van der Waals surface area contributed by atoms with Crippen molar-refractivity contribution in [2.45, 2.75) is 18.9 Å². The highest BCUT2D eigenvalue weighted by atomic mass is 32.2. The van der Waals surface area contributed by atoms with Crippen LogP contribution in [-0.2, 0) is 17.2 Å². The molecule has 1 aromatic rings. The second-order valence-corrected chi connectivity index (χ2v) is 6.81. The third kappa shape index (κ3) is 5.43. The number of hydrogen-bond acceptors (Lipinski definition) is 3. The molecule has 2 atom stereocenters. The van der Waals surface area contributed by atoms with Crippen LogP contribution >= 0.6 is 0 Å². The lowest BCUT2D eigenvalue weighted by Gasteiger charge is -2.16. The molecule has 3 nitrogen and oxygen atoms in total. The molecule has 0 radical (unpaired) electrons. The standard InChI is InChI=1S/C15H24N2OS/c1-19(18)12-9-16-15-8-11-17(13-15)10-7-14-5-3-2-4-6-14/h2-6,15-16H,7-13H2,1H3. The molecule has 1 heterocycles. The fourth-order valence-electron chi connectivity index (χ4n) is 2.54. The van der Waals surface area contributed by atoms with Crippen molar-refractivity contribution in [3.8, 4) is 0 Å². The molecule has 1 aliphatic rings. The Labute approximate surface area is 118 Å². The van der Waals surface area contributed by atoms with Gasteiger partial charge in [0.1, 0.15) is 0 Å². The molecule has 0 aromatic heterocycles. The van der Waals surface area contributed by atoms with E-state index >= 15 is 0 Å². The van der Waals surface area contributed by atoms with Gasteiger partial charge < -0.3 is 10.2 Å². The van der Waals surface area contributed by atoms with Gasteiger partial charge in [-0.05, 0) is 24.9 Å². The quantitative estimate of drug-likeness (QED) is 0.816. The molecule has 0 bridgehead atoms. The monoisotopic (exact) mass is 280 g/mol. The molecular formula is C15H24N2OS. The fraction of sp³-hybridized carbons (Fsp3) is 0.600. The summed E-state index contributed by atoms with van der Waals surface area (Å²) >= 11 is 0. The molecule has 1 fully saturated rings. The fourth-order valence-corrected chi connectivity index (χ4v) is 2.95. The van der Waals surface area contributed by atoms with Gasteiger partial charge in [0.05, 0.1) is 0 Å². The molecule has 0 aliphatic carbocycles. The summed E-state index contributed by atoms with van der Waals surface area (Å²) in [7, 11) is -0.679. The highest BCUT2D eigenvalue weighted by Gasteiger charge is 2.21. The second kappa shape index (κ2) is 7.78. The zero-order chi connectivity index (χ0) is 13.5. The number of nitrogens with one attached hydrogen (secondary N) is 1. The van der Waals surface area contributed by atoms with Crippen molar-refractivity contribution in [3.05, 3.63) is 35.9 Å². The van der Waals surface area contributed by atoms with Gasteiger partial charge in [0.2, 0.25) is 0 Å². The summed E-state index contributed by atoms with van der Waals surface area (Å²) in [5, 5.41) is 3.51. The van der Waals surface area contributed by atoms with Crippen LogP contribution in [0, 0.1) is 0 Å². The van der Waals surface area contributed by atoms with Gasteiger partial charge in [-0.15, -0.1) is 0 Å². The average molecular weight is 280 g/mol. The Kier molecular flexibility index (Phi) is 6.01. The van der Waals surface area contributed by atoms with Crippen LogP contribution in [0.1, 0.15) is 12.0 Å². The maximum Gasteiger partial charge on any atom is 0.0357 e. The van der Waals surface area contributed by atoms with Gasteiger partial charge in [-0.2, -0.15) is 0 Å². The van der Waals surface area contributed by atoms with E-state index in [1.807, 2.05) is 0 Å². The zero-order valence-electron chi connectivity index (χ0n) is 11.7. The molecule has 19 heavy (non-hydrogen) atoms. The van der Waals surface area contributed by atoms with Gasteiger partial charge in [-0.3, -0.25) is 4.21 Å².